The number of benzene rings is 2. The second-order valence-corrected chi connectivity index (χ2v) is 8.09. The van der Waals surface area contributed by atoms with Gasteiger partial charge in [0.05, 0.1) is 17.2 Å². The molecule has 0 fully saturated rings. The standard InChI is InChI=1S/C22H21BrClNO5/c1-4-28-19-9-13(8-17(24)22(19)30-12-20(26)25(2)3)7-14-11-29-18-6-5-15(23)10-16(18)21(14)27/h5-10H,4,11-12H2,1-3H3/b14-7+. The summed E-state index contributed by atoms with van der Waals surface area (Å²) < 4.78 is 17.8. The van der Waals surface area contributed by atoms with Crippen molar-refractivity contribution in [1.29, 1.82) is 0 Å². The highest BCUT2D eigenvalue weighted by Gasteiger charge is 2.24. The fraction of sp³-hybridized carbons (Fsp3) is 0.273. The van der Waals surface area contributed by atoms with Crippen LogP contribution in [0, 0.1) is 0 Å². The number of carbonyl (C=O) groups is 2. The zero-order chi connectivity index (χ0) is 21.8. The third kappa shape index (κ3) is 4.96. The predicted octanol–water partition coefficient (Wildman–Crippen LogP) is 4.63. The van der Waals surface area contributed by atoms with E-state index in [2.05, 4.69) is 15.9 Å². The molecule has 2 aromatic carbocycles. The minimum Gasteiger partial charge on any atom is -0.490 e. The minimum atomic E-state index is -0.200. The number of hydrogen-bond donors (Lipinski definition) is 0. The van der Waals surface area contributed by atoms with Crippen molar-refractivity contribution in [3.63, 3.8) is 0 Å². The fourth-order valence-corrected chi connectivity index (χ4v) is 3.48. The highest BCUT2D eigenvalue weighted by molar-refractivity contribution is 9.10. The summed E-state index contributed by atoms with van der Waals surface area (Å²) in [6.07, 6.45) is 1.72. The maximum Gasteiger partial charge on any atom is 0.259 e. The maximum absolute atomic E-state index is 12.9. The van der Waals surface area contributed by atoms with Gasteiger partial charge in [0.2, 0.25) is 0 Å². The molecule has 3 rings (SSSR count). The number of ketones is 1. The van der Waals surface area contributed by atoms with Crippen molar-refractivity contribution < 1.29 is 23.8 Å². The zero-order valence-corrected chi connectivity index (χ0v) is 19.2. The van der Waals surface area contributed by atoms with Gasteiger partial charge in [-0.3, -0.25) is 9.59 Å². The maximum atomic E-state index is 12.9. The van der Waals surface area contributed by atoms with Crippen molar-refractivity contribution in [2.24, 2.45) is 0 Å². The third-order valence-corrected chi connectivity index (χ3v) is 5.15. The van der Waals surface area contributed by atoms with Crippen LogP contribution in [0.5, 0.6) is 17.2 Å². The van der Waals surface area contributed by atoms with Gasteiger partial charge in [-0.25, -0.2) is 0 Å². The number of Topliss-reactive ketones (excluding diaryl/α,β-unsaturated/α-hetero) is 1. The van der Waals surface area contributed by atoms with Gasteiger partial charge in [0.15, 0.2) is 23.9 Å². The summed E-state index contributed by atoms with van der Waals surface area (Å²) in [6.45, 7) is 2.22. The molecular weight excluding hydrogens is 474 g/mol. The van der Waals surface area contributed by atoms with Crippen LogP contribution in [0.4, 0.5) is 0 Å². The Balaban J connectivity index is 1.91. The van der Waals surface area contributed by atoms with E-state index in [0.29, 0.717) is 34.8 Å². The predicted molar refractivity (Wildman–Crippen MR) is 119 cm³/mol. The molecule has 0 saturated heterocycles. The molecular formula is C22H21BrClNO5. The van der Waals surface area contributed by atoms with Gasteiger partial charge >= 0.3 is 0 Å². The van der Waals surface area contributed by atoms with Crippen LogP contribution in [-0.4, -0.2) is 50.5 Å². The Labute approximate surface area is 188 Å². The molecule has 30 heavy (non-hydrogen) atoms. The lowest BCUT2D eigenvalue weighted by molar-refractivity contribution is -0.130. The topological polar surface area (TPSA) is 65.1 Å². The first-order chi connectivity index (χ1) is 14.3. The van der Waals surface area contributed by atoms with E-state index in [4.69, 9.17) is 25.8 Å². The highest BCUT2D eigenvalue weighted by atomic mass is 79.9. The highest BCUT2D eigenvalue weighted by Crippen LogP contribution is 2.38. The second kappa shape index (κ2) is 9.53. The van der Waals surface area contributed by atoms with Gasteiger partial charge in [-0.15, -0.1) is 0 Å². The van der Waals surface area contributed by atoms with Crippen LogP contribution in [0.15, 0.2) is 40.4 Å². The third-order valence-electron chi connectivity index (χ3n) is 4.37. The summed E-state index contributed by atoms with van der Waals surface area (Å²) >= 11 is 9.79. The summed E-state index contributed by atoms with van der Waals surface area (Å²) in [5.74, 6) is 0.938. The summed E-state index contributed by atoms with van der Waals surface area (Å²) in [5, 5.41) is 0.284. The number of rotatable bonds is 6. The first-order valence-electron chi connectivity index (χ1n) is 9.27. The van der Waals surface area contributed by atoms with E-state index >= 15 is 0 Å². The van der Waals surface area contributed by atoms with Gasteiger partial charge in [0.1, 0.15) is 12.4 Å². The number of nitrogens with zero attached hydrogens (tertiary/aromatic N) is 1. The molecule has 6 nitrogen and oxygen atoms in total. The largest absolute Gasteiger partial charge is 0.490 e. The molecule has 1 aliphatic rings. The summed E-state index contributed by atoms with van der Waals surface area (Å²) in [7, 11) is 3.29. The molecule has 0 aromatic heterocycles. The summed E-state index contributed by atoms with van der Waals surface area (Å²) in [6, 6.07) is 8.72. The van der Waals surface area contributed by atoms with Crippen molar-refractivity contribution >= 4 is 45.3 Å². The quantitative estimate of drug-likeness (QED) is 0.548. The van der Waals surface area contributed by atoms with Crippen molar-refractivity contribution in [3.05, 3.63) is 56.5 Å². The Bertz CT molecular complexity index is 1020. The molecule has 158 valence electrons. The molecule has 0 saturated carbocycles. The summed E-state index contributed by atoms with van der Waals surface area (Å²) in [4.78, 5) is 26.1. The van der Waals surface area contributed by atoms with Crippen LogP contribution in [-0.2, 0) is 4.79 Å². The van der Waals surface area contributed by atoms with E-state index in [1.54, 1.807) is 44.4 Å². The Morgan fingerprint density at radius 1 is 1.27 bits per heavy atom. The molecule has 2 aromatic rings. The number of amides is 1. The van der Waals surface area contributed by atoms with E-state index in [9.17, 15) is 9.59 Å². The van der Waals surface area contributed by atoms with E-state index in [0.717, 1.165) is 4.47 Å². The lowest BCUT2D eigenvalue weighted by Gasteiger charge is -2.19. The number of ether oxygens (including phenoxy) is 3. The van der Waals surface area contributed by atoms with Crippen LogP contribution in [0.1, 0.15) is 22.8 Å². The summed E-state index contributed by atoms with van der Waals surface area (Å²) in [5.41, 5.74) is 1.66. The molecule has 1 heterocycles. The molecule has 0 aliphatic carbocycles. The number of likely N-dealkylation sites (N-methyl/N-ethyl adjacent to an activating group) is 1. The Morgan fingerprint density at radius 2 is 2.03 bits per heavy atom. The molecule has 1 aliphatic heterocycles. The second-order valence-electron chi connectivity index (χ2n) is 6.77. The monoisotopic (exact) mass is 493 g/mol. The Kier molecular flexibility index (Phi) is 7.05. The van der Waals surface area contributed by atoms with Gasteiger partial charge in [-0.05, 0) is 48.9 Å². The van der Waals surface area contributed by atoms with Crippen LogP contribution in [0.2, 0.25) is 5.02 Å². The van der Waals surface area contributed by atoms with E-state index in [1.807, 2.05) is 13.0 Å². The smallest absolute Gasteiger partial charge is 0.259 e. The van der Waals surface area contributed by atoms with Gasteiger partial charge in [-0.2, -0.15) is 0 Å². The fourth-order valence-electron chi connectivity index (χ4n) is 2.85. The Hall–Kier alpha value is -2.51. The van der Waals surface area contributed by atoms with E-state index in [1.165, 1.54) is 4.90 Å². The average molecular weight is 495 g/mol. The van der Waals surface area contributed by atoms with Crippen LogP contribution < -0.4 is 14.2 Å². The van der Waals surface area contributed by atoms with Crippen molar-refractivity contribution in [2.75, 3.05) is 33.9 Å². The van der Waals surface area contributed by atoms with E-state index < -0.39 is 0 Å². The van der Waals surface area contributed by atoms with E-state index in [-0.39, 0.29) is 35.7 Å². The van der Waals surface area contributed by atoms with Gasteiger partial charge in [-0.1, -0.05) is 27.5 Å². The molecule has 0 bridgehead atoms. The minimum absolute atomic E-state index is 0.108. The first-order valence-corrected chi connectivity index (χ1v) is 10.4. The number of carbonyl (C=O) groups excluding carboxylic acids is 2. The average Bonchev–Trinajstić information content (AvgIpc) is 2.70. The van der Waals surface area contributed by atoms with Crippen LogP contribution in [0.25, 0.3) is 6.08 Å². The lowest BCUT2D eigenvalue weighted by Crippen LogP contribution is -2.27. The Morgan fingerprint density at radius 3 is 2.73 bits per heavy atom. The molecule has 1 amide bonds. The number of halogens is 2. The number of fused-ring (bicyclic) bond motifs is 1. The zero-order valence-electron chi connectivity index (χ0n) is 16.8. The van der Waals surface area contributed by atoms with Crippen molar-refractivity contribution in [1.82, 2.24) is 4.90 Å². The van der Waals surface area contributed by atoms with Crippen molar-refractivity contribution in [3.8, 4) is 17.2 Å². The molecule has 0 spiro atoms. The molecule has 0 N–H and O–H groups in total. The van der Waals surface area contributed by atoms with Gasteiger partial charge in [0, 0.05) is 24.1 Å². The SMILES string of the molecule is CCOc1cc(/C=C2\COc3ccc(Br)cc3C2=O)cc(Cl)c1OCC(=O)N(C)C. The molecule has 0 atom stereocenters. The molecule has 0 radical (unpaired) electrons. The normalized spacial score (nSPS) is 14.2. The van der Waals surface area contributed by atoms with Crippen LogP contribution in [0.3, 0.4) is 0 Å². The first kappa shape index (κ1) is 22.2. The van der Waals surface area contributed by atoms with Gasteiger partial charge < -0.3 is 19.1 Å². The molecule has 0 unspecified atom stereocenters. The van der Waals surface area contributed by atoms with Gasteiger partial charge in [0.25, 0.3) is 5.91 Å². The van der Waals surface area contributed by atoms with Crippen LogP contribution >= 0.6 is 27.5 Å². The molecule has 8 heteroatoms. The lowest BCUT2D eigenvalue weighted by atomic mass is 9.98. The number of hydrogen-bond acceptors (Lipinski definition) is 5. The van der Waals surface area contributed by atoms with Crippen molar-refractivity contribution in [2.45, 2.75) is 6.92 Å².